The summed E-state index contributed by atoms with van der Waals surface area (Å²) in [7, 11) is 0. The number of benzene rings is 2. The number of carbonyl (C=O) groups excluding carboxylic acids is 2. The summed E-state index contributed by atoms with van der Waals surface area (Å²) >= 11 is 6.08. The van der Waals surface area contributed by atoms with Crippen molar-refractivity contribution >= 4 is 29.1 Å². The van der Waals surface area contributed by atoms with Gasteiger partial charge in [0.15, 0.2) is 13.2 Å². The standard InChI is InChI=1S/C22H26ClN3O3/c1-16-6-5-7-17(2)22(16)29-15-21(28)26-12-10-25(11-13-26)14-20(27)24-19-9-4-3-8-18(19)23/h3-9H,10-15H2,1-2H3,(H,24,27)/p+1. The lowest BCUT2D eigenvalue weighted by molar-refractivity contribution is -0.895. The summed E-state index contributed by atoms with van der Waals surface area (Å²) in [4.78, 5) is 27.7. The number of hydrogen-bond donors (Lipinski definition) is 2. The molecule has 2 aromatic carbocycles. The third-order valence-corrected chi connectivity index (χ3v) is 5.46. The van der Waals surface area contributed by atoms with Crippen molar-refractivity contribution in [3.63, 3.8) is 0 Å². The summed E-state index contributed by atoms with van der Waals surface area (Å²) in [6, 6.07) is 13.1. The molecule has 0 spiro atoms. The number of aryl methyl sites for hydroxylation is 2. The molecule has 0 aliphatic carbocycles. The molecule has 1 aliphatic heterocycles. The van der Waals surface area contributed by atoms with E-state index in [4.69, 9.17) is 16.3 Å². The van der Waals surface area contributed by atoms with Crippen LogP contribution in [0.2, 0.25) is 5.02 Å². The number of nitrogens with one attached hydrogen (secondary N) is 2. The predicted octanol–water partition coefficient (Wildman–Crippen LogP) is 1.70. The molecule has 1 heterocycles. The smallest absolute Gasteiger partial charge is 0.279 e. The van der Waals surface area contributed by atoms with E-state index in [9.17, 15) is 9.59 Å². The lowest BCUT2D eigenvalue weighted by atomic mass is 10.1. The van der Waals surface area contributed by atoms with Crippen molar-refractivity contribution in [2.45, 2.75) is 13.8 Å². The Bertz CT molecular complexity index is 859. The van der Waals surface area contributed by atoms with Crippen LogP contribution in [0.25, 0.3) is 0 Å². The maximum Gasteiger partial charge on any atom is 0.279 e. The van der Waals surface area contributed by atoms with E-state index >= 15 is 0 Å². The second-order valence-electron chi connectivity index (χ2n) is 7.35. The highest BCUT2D eigenvalue weighted by molar-refractivity contribution is 6.33. The van der Waals surface area contributed by atoms with Crippen LogP contribution in [0.5, 0.6) is 5.75 Å². The van der Waals surface area contributed by atoms with Gasteiger partial charge in [-0.3, -0.25) is 9.59 Å². The van der Waals surface area contributed by atoms with Gasteiger partial charge in [0.25, 0.3) is 11.8 Å². The summed E-state index contributed by atoms with van der Waals surface area (Å²) < 4.78 is 5.78. The van der Waals surface area contributed by atoms with Crippen molar-refractivity contribution in [2.75, 3.05) is 44.6 Å². The molecule has 6 nitrogen and oxygen atoms in total. The molecule has 7 heteroatoms. The fourth-order valence-corrected chi connectivity index (χ4v) is 3.67. The average Bonchev–Trinajstić information content (AvgIpc) is 2.70. The number of piperazine rings is 1. The molecule has 3 rings (SSSR count). The van der Waals surface area contributed by atoms with E-state index < -0.39 is 0 Å². The molecule has 1 saturated heterocycles. The van der Waals surface area contributed by atoms with Gasteiger partial charge in [-0.2, -0.15) is 0 Å². The van der Waals surface area contributed by atoms with Crippen LogP contribution in [0.1, 0.15) is 11.1 Å². The van der Waals surface area contributed by atoms with E-state index in [2.05, 4.69) is 5.32 Å². The third-order valence-electron chi connectivity index (χ3n) is 5.13. The van der Waals surface area contributed by atoms with Gasteiger partial charge in [-0.15, -0.1) is 0 Å². The third kappa shape index (κ3) is 5.71. The van der Waals surface area contributed by atoms with Gasteiger partial charge in [0.2, 0.25) is 0 Å². The number of nitrogens with zero attached hydrogens (tertiary/aromatic N) is 1. The molecule has 1 fully saturated rings. The monoisotopic (exact) mass is 416 g/mol. The first-order valence-electron chi connectivity index (χ1n) is 9.79. The molecule has 0 atom stereocenters. The summed E-state index contributed by atoms with van der Waals surface area (Å²) in [5.41, 5.74) is 2.67. The summed E-state index contributed by atoms with van der Waals surface area (Å²) in [5.74, 6) is 0.680. The van der Waals surface area contributed by atoms with Gasteiger partial charge >= 0.3 is 0 Å². The fraction of sp³-hybridized carbons (Fsp3) is 0.364. The summed E-state index contributed by atoms with van der Waals surface area (Å²) in [5, 5.41) is 3.37. The van der Waals surface area contributed by atoms with Crippen LogP contribution in [0.3, 0.4) is 0 Å². The fourth-order valence-electron chi connectivity index (χ4n) is 3.49. The number of ether oxygens (including phenoxy) is 1. The molecule has 1 aliphatic rings. The highest BCUT2D eigenvalue weighted by Gasteiger charge is 2.25. The maximum absolute atomic E-state index is 12.5. The lowest BCUT2D eigenvalue weighted by Crippen LogP contribution is -3.15. The van der Waals surface area contributed by atoms with Crippen LogP contribution >= 0.6 is 11.6 Å². The molecule has 2 amide bonds. The molecule has 0 radical (unpaired) electrons. The molecule has 2 N–H and O–H groups in total. The Kier molecular flexibility index (Phi) is 7.12. The zero-order valence-electron chi connectivity index (χ0n) is 16.8. The first-order chi connectivity index (χ1) is 13.9. The van der Waals surface area contributed by atoms with Gasteiger partial charge in [0, 0.05) is 0 Å². The minimum Gasteiger partial charge on any atom is -0.483 e. The number of quaternary nitrogens is 1. The summed E-state index contributed by atoms with van der Waals surface area (Å²) in [6.07, 6.45) is 0. The molecule has 0 unspecified atom stereocenters. The molecule has 0 aromatic heterocycles. The van der Waals surface area contributed by atoms with Crippen LogP contribution in [-0.4, -0.2) is 56.0 Å². The van der Waals surface area contributed by atoms with Crippen LogP contribution in [0.4, 0.5) is 5.69 Å². The minimum atomic E-state index is -0.0776. The number of halogens is 1. The Balaban J connectivity index is 1.43. The van der Waals surface area contributed by atoms with Crippen molar-refractivity contribution in [1.29, 1.82) is 0 Å². The molecule has 0 saturated carbocycles. The van der Waals surface area contributed by atoms with E-state index in [1.807, 2.05) is 49.1 Å². The zero-order chi connectivity index (χ0) is 20.8. The second kappa shape index (κ2) is 9.76. The Morgan fingerprint density at radius 3 is 2.38 bits per heavy atom. The van der Waals surface area contributed by atoms with Crippen LogP contribution in [0.15, 0.2) is 42.5 Å². The maximum atomic E-state index is 12.5. The average molecular weight is 417 g/mol. The highest BCUT2D eigenvalue weighted by atomic mass is 35.5. The highest BCUT2D eigenvalue weighted by Crippen LogP contribution is 2.22. The predicted molar refractivity (Wildman–Crippen MR) is 114 cm³/mol. The van der Waals surface area contributed by atoms with Gasteiger partial charge in [0.05, 0.1) is 36.9 Å². The Morgan fingerprint density at radius 2 is 1.72 bits per heavy atom. The quantitative estimate of drug-likeness (QED) is 0.753. The molecule has 29 heavy (non-hydrogen) atoms. The van der Waals surface area contributed by atoms with Gasteiger partial charge in [-0.1, -0.05) is 41.9 Å². The van der Waals surface area contributed by atoms with E-state index in [0.29, 0.717) is 30.3 Å². The number of rotatable bonds is 6. The lowest BCUT2D eigenvalue weighted by Gasteiger charge is -2.32. The summed E-state index contributed by atoms with van der Waals surface area (Å²) in [6.45, 7) is 7.02. The van der Waals surface area contributed by atoms with Crippen molar-refractivity contribution in [3.8, 4) is 5.75 Å². The van der Waals surface area contributed by atoms with Gasteiger partial charge in [-0.05, 0) is 37.1 Å². The normalized spacial score (nSPS) is 14.5. The van der Waals surface area contributed by atoms with Crippen molar-refractivity contribution in [3.05, 3.63) is 58.6 Å². The van der Waals surface area contributed by atoms with Crippen molar-refractivity contribution in [1.82, 2.24) is 4.90 Å². The molecule has 154 valence electrons. The Labute approximate surface area is 176 Å². The van der Waals surface area contributed by atoms with E-state index in [-0.39, 0.29) is 18.4 Å². The second-order valence-corrected chi connectivity index (χ2v) is 7.75. The van der Waals surface area contributed by atoms with Crippen molar-refractivity contribution < 1.29 is 19.2 Å². The van der Waals surface area contributed by atoms with Crippen LogP contribution in [0, 0.1) is 13.8 Å². The number of anilines is 1. The van der Waals surface area contributed by atoms with Gasteiger partial charge < -0.3 is 19.9 Å². The number of hydrogen-bond acceptors (Lipinski definition) is 3. The van der Waals surface area contributed by atoms with E-state index in [1.165, 1.54) is 0 Å². The zero-order valence-corrected chi connectivity index (χ0v) is 17.6. The molecular formula is C22H27ClN3O3+. The van der Waals surface area contributed by atoms with Crippen LogP contribution in [-0.2, 0) is 9.59 Å². The number of para-hydroxylation sites is 2. The Morgan fingerprint density at radius 1 is 1.07 bits per heavy atom. The van der Waals surface area contributed by atoms with Crippen LogP contribution < -0.4 is 15.0 Å². The van der Waals surface area contributed by atoms with E-state index in [0.717, 1.165) is 34.9 Å². The topological polar surface area (TPSA) is 63.1 Å². The molecule has 0 bridgehead atoms. The van der Waals surface area contributed by atoms with E-state index in [1.54, 1.807) is 12.1 Å². The first-order valence-corrected chi connectivity index (χ1v) is 10.2. The SMILES string of the molecule is Cc1cccc(C)c1OCC(=O)N1CC[NH+](CC(=O)Nc2ccccc2Cl)CC1. The van der Waals surface area contributed by atoms with Crippen molar-refractivity contribution in [2.24, 2.45) is 0 Å². The largest absolute Gasteiger partial charge is 0.483 e. The first kappa shape index (κ1) is 21.1. The minimum absolute atomic E-state index is 0.0211. The molecular weight excluding hydrogens is 390 g/mol. The van der Waals surface area contributed by atoms with Gasteiger partial charge in [0.1, 0.15) is 5.75 Å². The van der Waals surface area contributed by atoms with Gasteiger partial charge in [-0.25, -0.2) is 0 Å². The Hall–Kier alpha value is -2.57. The number of carbonyl (C=O) groups is 2. The number of amides is 2. The molecule has 2 aromatic rings.